The van der Waals surface area contributed by atoms with Gasteiger partial charge in [-0.2, -0.15) is 4.98 Å². The standard InChI is InChI=1S/C6H10FN3O/c1-5(8-3-2-7)6-9-4-11-10-6/h4-5,8H,2-3H2,1H3. The number of aromatic nitrogens is 2. The van der Waals surface area contributed by atoms with Gasteiger partial charge in [0.15, 0.2) is 5.82 Å². The Balaban J connectivity index is 2.36. The second kappa shape index (κ2) is 4.02. The molecule has 1 aromatic heterocycles. The smallest absolute Gasteiger partial charge is 0.213 e. The van der Waals surface area contributed by atoms with Gasteiger partial charge in [0.05, 0.1) is 6.04 Å². The maximum Gasteiger partial charge on any atom is 0.213 e. The van der Waals surface area contributed by atoms with E-state index < -0.39 is 0 Å². The summed E-state index contributed by atoms with van der Waals surface area (Å²) in [5.74, 6) is 0.554. The molecule has 1 unspecified atom stereocenters. The first-order valence-electron chi connectivity index (χ1n) is 3.40. The van der Waals surface area contributed by atoms with E-state index >= 15 is 0 Å². The molecule has 1 atom stereocenters. The predicted molar refractivity (Wildman–Crippen MR) is 36.7 cm³/mol. The van der Waals surface area contributed by atoms with E-state index in [4.69, 9.17) is 0 Å². The molecular weight excluding hydrogens is 149 g/mol. The highest BCUT2D eigenvalue weighted by atomic mass is 19.1. The Kier molecular flexibility index (Phi) is 2.97. The van der Waals surface area contributed by atoms with Crippen molar-refractivity contribution in [3.63, 3.8) is 0 Å². The van der Waals surface area contributed by atoms with E-state index in [1.165, 1.54) is 6.39 Å². The second-order valence-electron chi connectivity index (χ2n) is 2.15. The van der Waals surface area contributed by atoms with E-state index in [1.807, 2.05) is 6.92 Å². The molecule has 5 heteroatoms. The highest BCUT2D eigenvalue weighted by Crippen LogP contribution is 2.03. The molecule has 62 valence electrons. The van der Waals surface area contributed by atoms with Crippen LogP contribution in [0, 0.1) is 0 Å². The molecular formula is C6H10FN3O. The molecule has 1 rings (SSSR count). The molecule has 0 aliphatic heterocycles. The Morgan fingerprint density at radius 3 is 3.18 bits per heavy atom. The lowest BCUT2D eigenvalue weighted by Crippen LogP contribution is -2.21. The maximum absolute atomic E-state index is 11.7. The zero-order valence-electron chi connectivity index (χ0n) is 6.25. The van der Waals surface area contributed by atoms with Crippen LogP contribution in [0.15, 0.2) is 10.9 Å². The lowest BCUT2D eigenvalue weighted by Gasteiger charge is -2.05. The number of alkyl halides is 1. The van der Waals surface area contributed by atoms with Crippen molar-refractivity contribution in [1.82, 2.24) is 15.5 Å². The topological polar surface area (TPSA) is 51.0 Å². The fraction of sp³-hybridized carbons (Fsp3) is 0.667. The minimum Gasteiger partial charge on any atom is -0.343 e. The molecule has 0 bridgehead atoms. The lowest BCUT2D eigenvalue weighted by atomic mass is 10.3. The first kappa shape index (κ1) is 8.13. The van der Waals surface area contributed by atoms with Crippen LogP contribution >= 0.6 is 0 Å². The molecule has 0 aromatic carbocycles. The van der Waals surface area contributed by atoms with Crippen molar-refractivity contribution in [3.05, 3.63) is 12.2 Å². The Morgan fingerprint density at radius 2 is 2.64 bits per heavy atom. The van der Waals surface area contributed by atoms with Gasteiger partial charge in [0, 0.05) is 6.54 Å². The van der Waals surface area contributed by atoms with E-state index in [0.717, 1.165) is 0 Å². The minimum atomic E-state index is -0.387. The van der Waals surface area contributed by atoms with Crippen molar-refractivity contribution < 1.29 is 8.91 Å². The highest BCUT2D eigenvalue weighted by Gasteiger charge is 2.07. The van der Waals surface area contributed by atoms with E-state index in [9.17, 15) is 4.39 Å². The number of rotatable bonds is 4. The van der Waals surface area contributed by atoms with E-state index in [2.05, 4.69) is 20.0 Å². The van der Waals surface area contributed by atoms with Crippen LogP contribution in [0.25, 0.3) is 0 Å². The molecule has 0 radical (unpaired) electrons. The zero-order chi connectivity index (χ0) is 8.10. The summed E-state index contributed by atoms with van der Waals surface area (Å²) in [5.41, 5.74) is 0. The first-order chi connectivity index (χ1) is 5.34. The molecule has 11 heavy (non-hydrogen) atoms. The van der Waals surface area contributed by atoms with Gasteiger partial charge in [0.1, 0.15) is 6.67 Å². The molecule has 0 saturated heterocycles. The molecule has 0 saturated carbocycles. The second-order valence-corrected chi connectivity index (χ2v) is 2.15. The Hall–Kier alpha value is -0.970. The fourth-order valence-electron chi connectivity index (χ4n) is 0.732. The lowest BCUT2D eigenvalue weighted by molar-refractivity contribution is 0.391. The number of halogens is 1. The van der Waals surface area contributed by atoms with Gasteiger partial charge < -0.3 is 9.84 Å². The van der Waals surface area contributed by atoms with Crippen LogP contribution in [0.3, 0.4) is 0 Å². The summed E-state index contributed by atoms with van der Waals surface area (Å²) in [7, 11) is 0. The van der Waals surface area contributed by atoms with Gasteiger partial charge >= 0.3 is 0 Å². The quantitative estimate of drug-likeness (QED) is 0.702. The normalized spacial score (nSPS) is 13.3. The summed E-state index contributed by atoms with van der Waals surface area (Å²) >= 11 is 0. The zero-order valence-corrected chi connectivity index (χ0v) is 6.25. The van der Waals surface area contributed by atoms with Crippen molar-refractivity contribution >= 4 is 0 Å². The molecule has 1 N–H and O–H groups in total. The molecule has 1 aromatic rings. The Labute approximate surface area is 63.8 Å². The molecule has 0 spiro atoms. The molecule has 1 heterocycles. The van der Waals surface area contributed by atoms with Gasteiger partial charge in [-0.15, -0.1) is 0 Å². The van der Waals surface area contributed by atoms with Crippen LogP contribution in [-0.4, -0.2) is 23.4 Å². The van der Waals surface area contributed by atoms with Gasteiger partial charge in [-0.1, -0.05) is 5.16 Å². The van der Waals surface area contributed by atoms with Crippen LogP contribution < -0.4 is 5.32 Å². The van der Waals surface area contributed by atoms with Crippen LogP contribution in [0.4, 0.5) is 4.39 Å². The Bertz CT molecular complexity index is 190. The van der Waals surface area contributed by atoms with Gasteiger partial charge in [-0.25, -0.2) is 4.39 Å². The maximum atomic E-state index is 11.7. The SMILES string of the molecule is CC(NCCF)c1ncon1. The third-order valence-electron chi connectivity index (χ3n) is 1.31. The monoisotopic (exact) mass is 159 g/mol. The van der Waals surface area contributed by atoms with Crippen molar-refractivity contribution in [2.24, 2.45) is 0 Å². The summed E-state index contributed by atoms with van der Waals surface area (Å²) < 4.78 is 16.2. The first-order valence-corrected chi connectivity index (χ1v) is 3.40. The number of nitrogens with zero attached hydrogens (tertiary/aromatic N) is 2. The van der Waals surface area contributed by atoms with Crippen molar-refractivity contribution in [2.75, 3.05) is 13.2 Å². The predicted octanol–water partition coefficient (Wildman–Crippen LogP) is 0.690. The number of hydrogen-bond donors (Lipinski definition) is 1. The van der Waals surface area contributed by atoms with Gasteiger partial charge in [0.2, 0.25) is 6.39 Å². The average Bonchev–Trinajstić information content (AvgIpc) is 2.52. The third-order valence-corrected chi connectivity index (χ3v) is 1.31. The molecule has 0 aliphatic carbocycles. The summed E-state index contributed by atoms with van der Waals surface area (Å²) in [6.07, 6.45) is 1.25. The summed E-state index contributed by atoms with van der Waals surface area (Å²) in [5, 5.41) is 6.47. The van der Waals surface area contributed by atoms with Crippen LogP contribution in [-0.2, 0) is 0 Å². The van der Waals surface area contributed by atoms with Gasteiger partial charge in [-0.3, -0.25) is 0 Å². The van der Waals surface area contributed by atoms with E-state index in [1.54, 1.807) is 0 Å². The Morgan fingerprint density at radius 1 is 1.82 bits per heavy atom. The van der Waals surface area contributed by atoms with Crippen LogP contribution in [0.5, 0.6) is 0 Å². The summed E-state index contributed by atoms with van der Waals surface area (Å²) in [4.78, 5) is 3.81. The summed E-state index contributed by atoms with van der Waals surface area (Å²) in [6, 6.07) is -0.0514. The molecule has 0 fully saturated rings. The average molecular weight is 159 g/mol. The van der Waals surface area contributed by atoms with Gasteiger partial charge in [0.25, 0.3) is 0 Å². The largest absolute Gasteiger partial charge is 0.343 e. The third kappa shape index (κ3) is 2.27. The molecule has 0 aliphatic rings. The number of nitrogens with one attached hydrogen (secondary N) is 1. The molecule has 0 amide bonds. The van der Waals surface area contributed by atoms with E-state index in [0.29, 0.717) is 12.4 Å². The van der Waals surface area contributed by atoms with Crippen molar-refractivity contribution in [2.45, 2.75) is 13.0 Å². The van der Waals surface area contributed by atoms with Crippen molar-refractivity contribution in [3.8, 4) is 0 Å². The highest BCUT2D eigenvalue weighted by molar-refractivity contribution is 4.86. The van der Waals surface area contributed by atoms with Gasteiger partial charge in [-0.05, 0) is 6.92 Å². The minimum absolute atomic E-state index is 0.0514. The van der Waals surface area contributed by atoms with Crippen LogP contribution in [0.2, 0.25) is 0 Å². The van der Waals surface area contributed by atoms with Crippen LogP contribution in [0.1, 0.15) is 18.8 Å². The number of hydrogen-bond acceptors (Lipinski definition) is 4. The van der Waals surface area contributed by atoms with E-state index in [-0.39, 0.29) is 12.7 Å². The summed E-state index contributed by atoms with van der Waals surface area (Å²) in [6.45, 7) is 1.78. The molecule has 4 nitrogen and oxygen atoms in total. The fourth-order valence-corrected chi connectivity index (χ4v) is 0.732. The van der Waals surface area contributed by atoms with Crippen molar-refractivity contribution in [1.29, 1.82) is 0 Å².